The highest BCUT2D eigenvalue weighted by atomic mass is 16.3. The largest absolute Gasteiger partial charge is 0.464 e. The highest BCUT2D eigenvalue weighted by Gasteiger charge is 2.44. The molecule has 92 valence electrons. The molecule has 2 heterocycles. The first-order valence-corrected chi connectivity index (χ1v) is 6.30. The third-order valence-corrected chi connectivity index (χ3v) is 3.68. The molecule has 2 atom stereocenters. The molecule has 1 aromatic rings. The molecule has 2 aliphatic rings. The third kappa shape index (κ3) is 1.86. The Morgan fingerprint density at radius 3 is 2.71 bits per heavy atom. The monoisotopic (exact) mass is 234 g/mol. The molecule has 0 spiro atoms. The van der Waals surface area contributed by atoms with Crippen LogP contribution in [0.15, 0.2) is 16.5 Å². The van der Waals surface area contributed by atoms with Gasteiger partial charge in [-0.1, -0.05) is 0 Å². The van der Waals surface area contributed by atoms with Gasteiger partial charge in [-0.15, -0.1) is 0 Å². The van der Waals surface area contributed by atoms with E-state index in [0.29, 0.717) is 12.5 Å². The molecule has 0 radical (unpaired) electrons. The second-order valence-electron chi connectivity index (χ2n) is 5.13. The SMILES string of the molecule is Cc1ccc(C2C(N)CCC(=O)N2C2CC2)o1. The number of nitrogens with two attached hydrogens (primary N) is 1. The quantitative estimate of drug-likeness (QED) is 0.848. The van der Waals surface area contributed by atoms with Crippen molar-refractivity contribution in [2.45, 2.75) is 50.7 Å². The molecule has 1 aliphatic carbocycles. The third-order valence-electron chi connectivity index (χ3n) is 3.68. The molecule has 17 heavy (non-hydrogen) atoms. The summed E-state index contributed by atoms with van der Waals surface area (Å²) < 4.78 is 5.68. The minimum Gasteiger partial charge on any atom is -0.464 e. The Hall–Kier alpha value is -1.29. The number of nitrogens with zero attached hydrogens (tertiary/aromatic N) is 1. The van der Waals surface area contributed by atoms with Crippen molar-refractivity contribution in [2.75, 3.05) is 0 Å². The fraction of sp³-hybridized carbons (Fsp3) is 0.615. The van der Waals surface area contributed by atoms with Crippen LogP contribution in [0.3, 0.4) is 0 Å². The molecular weight excluding hydrogens is 216 g/mol. The van der Waals surface area contributed by atoms with Gasteiger partial charge < -0.3 is 15.1 Å². The number of aryl methyl sites for hydroxylation is 1. The van der Waals surface area contributed by atoms with Crippen molar-refractivity contribution in [3.05, 3.63) is 23.7 Å². The number of amides is 1. The summed E-state index contributed by atoms with van der Waals surface area (Å²) in [6.07, 6.45) is 3.55. The second-order valence-corrected chi connectivity index (χ2v) is 5.13. The standard InChI is InChI=1S/C13H18N2O2/c1-8-2-6-11(17-8)13-10(14)5-7-12(16)15(13)9-3-4-9/h2,6,9-10,13H,3-5,7,14H2,1H3. The Morgan fingerprint density at radius 2 is 2.12 bits per heavy atom. The molecule has 3 rings (SSSR count). The summed E-state index contributed by atoms with van der Waals surface area (Å²) in [5.41, 5.74) is 6.18. The van der Waals surface area contributed by atoms with Gasteiger partial charge in [0.15, 0.2) is 0 Å². The van der Waals surface area contributed by atoms with E-state index in [2.05, 4.69) is 0 Å². The number of carbonyl (C=O) groups excluding carboxylic acids is 1. The van der Waals surface area contributed by atoms with Crippen LogP contribution in [0, 0.1) is 6.92 Å². The summed E-state index contributed by atoms with van der Waals surface area (Å²) in [5.74, 6) is 1.95. The van der Waals surface area contributed by atoms with Crippen LogP contribution in [0.25, 0.3) is 0 Å². The molecule has 4 heteroatoms. The number of hydrogen-bond donors (Lipinski definition) is 1. The Morgan fingerprint density at radius 1 is 1.35 bits per heavy atom. The lowest BCUT2D eigenvalue weighted by atomic mass is 9.94. The fourth-order valence-electron chi connectivity index (χ4n) is 2.68. The van der Waals surface area contributed by atoms with Crippen LogP contribution < -0.4 is 5.73 Å². The van der Waals surface area contributed by atoms with Gasteiger partial charge in [0, 0.05) is 18.5 Å². The minimum absolute atomic E-state index is 0.00106. The van der Waals surface area contributed by atoms with E-state index in [9.17, 15) is 4.79 Å². The predicted octanol–water partition coefficient (Wildman–Crippen LogP) is 1.74. The summed E-state index contributed by atoms with van der Waals surface area (Å²) >= 11 is 0. The molecule has 4 nitrogen and oxygen atoms in total. The van der Waals surface area contributed by atoms with Gasteiger partial charge in [0.2, 0.25) is 5.91 Å². The topological polar surface area (TPSA) is 59.5 Å². The van der Waals surface area contributed by atoms with Crippen molar-refractivity contribution in [3.8, 4) is 0 Å². The van der Waals surface area contributed by atoms with Crippen molar-refractivity contribution in [1.29, 1.82) is 0 Å². The Balaban J connectivity index is 1.94. The number of carbonyl (C=O) groups is 1. The molecule has 2 unspecified atom stereocenters. The maximum absolute atomic E-state index is 12.0. The van der Waals surface area contributed by atoms with Gasteiger partial charge in [0.25, 0.3) is 0 Å². The zero-order valence-corrected chi connectivity index (χ0v) is 10.1. The van der Waals surface area contributed by atoms with E-state index < -0.39 is 0 Å². The Bertz CT molecular complexity index is 436. The molecule has 0 aromatic carbocycles. The fourth-order valence-corrected chi connectivity index (χ4v) is 2.68. The van der Waals surface area contributed by atoms with Gasteiger partial charge in [0.05, 0.1) is 0 Å². The lowest BCUT2D eigenvalue weighted by Crippen LogP contribution is -2.49. The summed E-state index contributed by atoms with van der Waals surface area (Å²) in [6, 6.07) is 4.22. The number of likely N-dealkylation sites (tertiary alicyclic amines) is 1. The van der Waals surface area contributed by atoms with Crippen molar-refractivity contribution in [1.82, 2.24) is 4.90 Å². The van der Waals surface area contributed by atoms with E-state index in [4.69, 9.17) is 10.2 Å². The van der Waals surface area contributed by atoms with Gasteiger partial charge in [-0.2, -0.15) is 0 Å². The normalized spacial score (nSPS) is 29.8. The molecule has 1 amide bonds. The predicted molar refractivity (Wildman–Crippen MR) is 63.3 cm³/mol. The summed E-state index contributed by atoms with van der Waals surface area (Å²) in [6.45, 7) is 1.92. The van der Waals surface area contributed by atoms with E-state index in [-0.39, 0.29) is 18.0 Å². The van der Waals surface area contributed by atoms with Gasteiger partial charge in [-0.25, -0.2) is 0 Å². The molecular formula is C13H18N2O2. The Kier molecular flexibility index (Phi) is 2.47. The van der Waals surface area contributed by atoms with Crippen LogP contribution in [0.1, 0.15) is 43.2 Å². The van der Waals surface area contributed by atoms with Crippen LogP contribution in [0.5, 0.6) is 0 Å². The van der Waals surface area contributed by atoms with Crippen molar-refractivity contribution in [2.24, 2.45) is 5.73 Å². The van der Waals surface area contributed by atoms with E-state index in [1.165, 1.54) is 0 Å². The first-order chi connectivity index (χ1) is 8.16. The zero-order chi connectivity index (χ0) is 12.0. The van der Waals surface area contributed by atoms with E-state index in [0.717, 1.165) is 30.8 Å². The highest BCUT2D eigenvalue weighted by molar-refractivity contribution is 5.78. The van der Waals surface area contributed by atoms with Crippen LogP contribution in [0.4, 0.5) is 0 Å². The van der Waals surface area contributed by atoms with Gasteiger partial charge in [-0.3, -0.25) is 4.79 Å². The number of furan rings is 1. The van der Waals surface area contributed by atoms with Crippen LogP contribution in [-0.4, -0.2) is 22.9 Å². The van der Waals surface area contributed by atoms with E-state index in [1.807, 2.05) is 24.0 Å². The maximum Gasteiger partial charge on any atom is 0.223 e. The van der Waals surface area contributed by atoms with Crippen LogP contribution in [0.2, 0.25) is 0 Å². The molecule has 1 aliphatic heterocycles. The number of piperidine rings is 1. The number of hydrogen-bond acceptors (Lipinski definition) is 3. The van der Waals surface area contributed by atoms with Crippen molar-refractivity contribution < 1.29 is 9.21 Å². The summed E-state index contributed by atoms with van der Waals surface area (Å²) in [5, 5.41) is 0. The van der Waals surface area contributed by atoms with E-state index in [1.54, 1.807) is 0 Å². The van der Waals surface area contributed by atoms with Crippen LogP contribution in [-0.2, 0) is 4.79 Å². The first kappa shape index (κ1) is 10.8. The van der Waals surface area contributed by atoms with Crippen molar-refractivity contribution in [3.63, 3.8) is 0 Å². The molecule has 2 fully saturated rings. The Labute approximate surface area is 101 Å². The second kappa shape index (κ2) is 3.88. The van der Waals surface area contributed by atoms with Crippen molar-refractivity contribution >= 4 is 5.91 Å². The number of rotatable bonds is 2. The smallest absolute Gasteiger partial charge is 0.223 e. The van der Waals surface area contributed by atoms with Gasteiger partial charge in [-0.05, 0) is 38.3 Å². The maximum atomic E-state index is 12.0. The summed E-state index contributed by atoms with van der Waals surface area (Å²) in [4.78, 5) is 14.0. The molecule has 1 saturated heterocycles. The average Bonchev–Trinajstić information content (AvgIpc) is 3.04. The van der Waals surface area contributed by atoms with Crippen LogP contribution >= 0.6 is 0 Å². The minimum atomic E-state index is -0.0579. The molecule has 1 saturated carbocycles. The summed E-state index contributed by atoms with van der Waals surface area (Å²) in [7, 11) is 0. The lowest BCUT2D eigenvalue weighted by Gasteiger charge is -2.38. The molecule has 1 aromatic heterocycles. The first-order valence-electron chi connectivity index (χ1n) is 6.30. The average molecular weight is 234 g/mol. The zero-order valence-electron chi connectivity index (χ0n) is 10.1. The van der Waals surface area contributed by atoms with E-state index >= 15 is 0 Å². The lowest BCUT2D eigenvalue weighted by molar-refractivity contribution is -0.138. The molecule has 0 bridgehead atoms. The highest BCUT2D eigenvalue weighted by Crippen LogP contribution is 2.40. The van der Waals surface area contributed by atoms with Gasteiger partial charge >= 0.3 is 0 Å². The van der Waals surface area contributed by atoms with Gasteiger partial charge in [0.1, 0.15) is 17.6 Å². The molecule has 2 N–H and O–H groups in total.